The summed E-state index contributed by atoms with van der Waals surface area (Å²) in [5.74, 6) is -0.129. The Labute approximate surface area is 212 Å². The van der Waals surface area contributed by atoms with E-state index in [2.05, 4.69) is 10.4 Å². The maximum atomic E-state index is 12.9. The van der Waals surface area contributed by atoms with E-state index >= 15 is 0 Å². The van der Waals surface area contributed by atoms with Crippen LogP contribution in [0, 0.1) is 0 Å². The Balaban J connectivity index is 1.49. The molecule has 1 aliphatic heterocycles. The van der Waals surface area contributed by atoms with Crippen molar-refractivity contribution >= 4 is 29.1 Å². The Morgan fingerprint density at radius 1 is 1.03 bits per heavy atom. The van der Waals surface area contributed by atoms with Gasteiger partial charge in [-0.15, -0.1) is 0 Å². The quantitative estimate of drug-likeness (QED) is 0.289. The van der Waals surface area contributed by atoms with E-state index < -0.39 is 6.04 Å². The lowest BCUT2D eigenvalue weighted by molar-refractivity contribution is 0.0876. The number of H-pyrrole nitrogens is 1. The van der Waals surface area contributed by atoms with Gasteiger partial charge in [-0.05, 0) is 48.2 Å². The fourth-order valence-corrected chi connectivity index (χ4v) is 5.43. The number of benzene rings is 3. The highest BCUT2D eigenvalue weighted by atomic mass is 35.5. The number of hydrogen-bond donors (Lipinski definition) is 3. The molecule has 0 aliphatic carbocycles. The molecule has 3 N–H and O–H groups in total. The van der Waals surface area contributed by atoms with Crippen molar-refractivity contribution in [2.45, 2.75) is 34.7 Å². The maximum absolute atomic E-state index is 12.9. The van der Waals surface area contributed by atoms with Gasteiger partial charge in [-0.2, -0.15) is 0 Å². The first-order valence-corrected chi connectivity index (χ1v) is 12.7. The van der Waals surface area contributed by atoms with Gasteiger partial charge in [0.25, 0.3) is 5.56 Å². The fraction of sp³-hybridized carbons (Fsp3) is 0.222. The van der Waals surface area contributed by atoms with Gasteiger partial charge in [0.05, 0.1) is 11.6 Å². The molecule has 2 heterocycles. The van der Waals surface area contributed by atoms with Gasteiger partial charge in [-0.25, -0.2) is 4.68 Å². The molecule has 2 atom stereocenters. The summed E-state index contributed by atoms with van der Waals surface area (Å²) in [4.78, 5) is 13.8. The van der Waals surface area contributed by atoms with Gasteiger partial charge in [-0.1, -0.05) is 78.0 Å². The molecular formula is C27H26ClN3O3S. The zero-order chi connectivity index (χ0) is 24.2. The largest absolute Gasteiger partial charge is 0.493 e. The van der Waals surface area contributed by atoms with Crippen LogP contribution >= 0.6 is 23.4 Å². The minimum absolute atomic E-state index is 0.129. The highest BCUT2D eigenvalue weighted by Gasteiger charge is 2.25. The SMILES string of the molecule is O=c1[nH]n(C(c2ccccc2)c2ccc(N[C@H]3CCCOC3)cc2)c(O)c1Sc1ccccc1Cl. The number of aromatic amines is 1. The molecule has 8 heteroatoms. The van der Waals surface area contributed by atoms with E-state index in [-0.39, 0.29) is 16.3 Å². The first-order chi connectivity index (χ1) is 17.1. The molecule has 1 aromatic heterocycles. The molecule has 0 radical (unpaired) electrons. The summed E-state index contributed by atoms with van der Waals surface area (Å²) in [7, 11) is 0. The van der Waals surface area contributed by atoms with E-state index in [1.54, 1.807) is 6.07 Å². The van der Waals surface area contributed by atoms with E-state index in [4.69, 9.17) is 16.3 Å². The van der Waals surface area contributed by atoms with E-state index in [9.17, 15) is 9.90 Å². The summed E-state index contributed by atoms with van der Waals surface area (Å²) in [6.45, 7) is 1.53. The minimum Gasteiger partial charge on any atom is -0.493 e. The molecule has 1 aliphatic rings. The van der Waals surface area contributed by atoms with Crippen molar-refractivity contribution in [2.24, 2.45) is 0 Å². The molecule has 0 amide bonds. The number of anilines is 1. The molecule has 35 heavy (non-hydrogen) atoms. The van der Waals surface area contributed by atoms with Crippen molar-refractivity contribution in [3.8, 4) is 5.88 Å². The van der Waals surface area contributed by atoms with E-state index in [0.717, 1.165) is 48.0 Å². The lowest BCUT2D eigenvalue weighted by atomic mass is 9.98. The molecule has 180 valence electrons. The van der Waals surface area contributed by atoms with Gasteiger partial charge < -0.3 is 15.2 Å². The number of aromatic nitrogens is 2. The smallest absolute Gasteiger partial charge is 0.282 e. The van der Waals surface area contributed by atoms with Gasteiger partial charge in [0.2, 0.25) is 5.88 Å². The fourth-order valence-electron chi connectivity index (χ4n) is 4.32. The summed E-state index contributed by atoms with van der Waals surface area (Å²) >= 11 is 7.44. The Morgan fingerprint density at radius 3 is 2.46 bits per heavy atom. The minimum atomic E-state index is -0.420. The van der Waals surface area contributed by atoms with Crippen LogP contribution in [-0.4, -0.2) is 34.1 Å². The molecule has 4 aromatic rings. The molecule has 0 bridgehead atoms. The van der Waals surface area contributed by atoms with Crippen LogP contribution in [0.4, 0.5) is 5.69 Å². The maximum Gasteiger partial charge on any atom is 0.282 e. The number of aromatic hydroxyl groups is 1. The second-order valence-corrected chi connectivity index (χ2v) is 9.95. The van der Waals surface area contributed by atoms with Gasteiger partial charge in [0.1, 0.15) is 10.9 Å². The third-order valence-electron chi connectivity index (χ3n) is 6.04. The number of rotatable bonds is 7. The predicted octanol–water partition coefficient (Wildman–Crippen LogP) is 5.92. The molecule has 5 rings (SSSR count). The van der Waals surface area contributed by atoms with Crippen molar-refractivity contribution in [3.63, 3.8) is 0 Å². The molecule has 0 spiro atoms. The monoisotopic (exact) mass is 507 g/mol. The van der Waals surface area contributed by atoms with Gasteiger partial charge in [0, 0.05) is 23.2 Å². The van der Waals surface area contributed by atoms with Crippen molar-refractivity contribution in [3.05, 3.63) is 105 Å². The molecule has 1 saturated heterocycles. The van der Waals surface area contributed by atoms with Crippen molar-refractivity contribution in [1.29, 1.82) is 0 Å². The number of hydrogen-bond acceptors (Lipinski definition) is 5. The summed E-state index contributed by atoms with van der Waals surface area (Å²) in [6, 6.07) is 25.0. The molecule has 0 saturated carbocycles. The number of nitrogens with one attached hydrogen (secondary N) is 2. The molecule has 6 nitrogen and oxygen atoms in total. The van der Waals surface area contributed by atoms with E-state index in [1.165, 1.54) is 4.68 Å². The van der Waals surface area contributed by atoms with Gasteiger partial charge >= 0.3 is 0 Å². The molecular weight excluding hydrogens is 482 g/mol. The topological polar surface area (TPSA) is 79.3 Å². The Hall–Kier alpha value is -3.13. The summed E-state index contributed by atoms with van der Waals surface area (Å²) in [6.07, 6.45) is 2.14. The highest BCUT2D eigenvalue weighted by Crippen LogP contribution is 2.38. The van der Waals surface area contributed by atoms with Crippen LogP contribution in [0.3, 0.4) is 0 Å². The Kier molecular flexibility index (Phi) is 7.18. The number of ether oxygens (including phenoxy) is 1. The lowest BCUT2D eigenvalue weighted by Gasteiger charge is -2.25. The predicted molar refractivity (Wildman–Crippen MR) is 140 cm³/mol. The van der Waals surface area contributed by atoms with Gasteiger partial charge in [0.15, 0.2) is 0 Å². The van der Waals surface area contributed by atoms with Crippen LogP contribution in [0.25, 0.3) is 0 Å². The van der Waals surface area contributed by atoms with Crippen LogP contribution in [-0.2, 0) is 4.74 Å². The van der Waals surface area contributed by atoms with E-state index in [1.807, 2.05) is 72.8 Å². The summed E-state index contributed by atoms with van der Waals surface area (Å²) in [5, 5.41) is 18.1. The van der Waals surface area contributed by atoms with E-state index in [0.29, 0.717) is 22.6 Å². The highest BCUT2D eigenvalue weighted by molar-refractivity contribution is 7.99. The third-order valence-corrected chi connectivity index (χ3v) is 7.63. The Bertz CT molecular complexity index is 1330. The average Bonchev–Trinajstić information content (AvgIpc) is 3.16. The van der Waals surface area contributed by atoms with Crippen LogP contribution in [0.2, 0.25) is 5.02 Å². The van der Waals surface area contributed by atoms with Crippen LogP contribution in [0.1, 0.15) is 30.0 Å². The second-order valence-electron chi connectivity index (χ2n) is 8.49. The third kappa shape index (κ3) is 5.27. The summed E-state index contributed by atoms with van der Waals surface area (Å²) in [5.41, 5.74) is 2.50. The molecule has 1 unspecified atom stereocenters. The Morgan fingerprint density at radius 2 is 1.74 bits per heavy atom. The second kappa shape index (κ2) is 10.6. The molecule has 3 aromatic carbocycles. The normalized spacial score (nSPS) is 16.7. The average molecular weight is 508 g/mol. The van der Waals surface area contributed by atoms with Gasteiger partial charge in [-0.3, -0.25) is 9.89 Å². The number of halogens is 1. The summed E-state index contributed by atoms with van der Waals surface area (Å²) < 4.78 is 7.09. The van der Waals surface area contributed by atoms with Crippen molar-refractivity contribution in [2.75, 3.05) is 18.5 Å². The lowest BCUT2D eigenvalue weighted by Crippen LogP contribution is -2.29. The molecule has 1 fully saturated rings. The standard InChI is InChI=1S/C27H26ClN3O3S/c28-22-10-4-5-11-23(22)35-25-26(32)30-31(27(25)33)24(18-7-2-1-3-8-18)19-12-14-20(15-13-19)29-21-9-6-16-34-17-21/h1-5,7-8,10-15,21,24,29,33H,6,9,16-17H2,(H,30,32)/t21-,24?/m0/s1. The first kappa shape index (κ1) is 23.6. The van der Waals surface area contributed by atoms with Crippen molar-refractivity contribution < 1.29 is 9.84 Å². The number of nitrogens with zero attached hydrogens (tertiary/aromatic N) is 1. The first-order valence-electron chi connectivity index (χ1n) is 11.5. The van der Waals surface area contributed by atoms with Crippen molar-refractivity contribution in [1.82, 2.24) is 9.78 Å². The van der Waals surface area contributed by atoms with Crippen LogP contribution in [0.5, 0.6) is 5.88 Å². The zero-order valence-electron chi connectivity index (χ0n) is 19.0. The van der Waals surface area contributed by atoms with Crippen LogP contribution in [0.15, 0.2) is 93.4 Å². The van der Waals surface area contributed by atoms with Crippen LogP contribution < -0.4 is 10.9 Å². The zero-order valence-corrected chi connectivity index (χ0v) is 20.6.